The molecule has 1 saturated heterocycles. The number of rotatable bonds is 4. The molecule has 1 aromatic carbocycles. The van der Waals surface area contributed by atoms with Crippen LogP contribution in [-0.4, -0.2) is 45.7 Å². The Hall–Kier alpha value is -3.09. The van der Waals surface area contributed by atoms with Crippen LogP contribution < -0.4 is 9.80 Å². The molecule has 33 heavy (non-hydrogen) atoms. The number of anilines is 2. The van der Waals surface area contributed by atoms with Crippen LogP contribution in [0.4, 0.5) is 11.5 Å². The minimum absolute atomic E-state index is 0.629. The van der Waals surface area contributed by atoms with Crippen LogP contribution in [0.2, 0.25) is 5.02 Å². The number of imidazole rings is 1. The standard InChI is InChI=1S/C26H26ClN5O/c1-18-25(29-24-4-2-3-11-32(18)24)21-16-20(6-7-22(21)27)30-12-14-31(15-13-30)23-8-5-19(17-28-23)26(33)9-10-26/h2-8,11,16-17,33H,9-10,12-15H2,1H3. The zero-order chi connectivity index (χ0) is 22.6. The highest BCUT2D eigenvalue weighted by Crippen LogP contribution is 2.45. The van der Waals surface area contributed by atoms with Gasteiger partial charge in [-0.15, -0.1) is 0 Å². The quantitative estimate of drug-likeness (QED) is 0.480. The number of hydrogen-bond acceptors (Lipinski definition) is 5. The average Bonchev–Trinajstić information content (AvgIpc) is 3.53. The van der Waals surface area contributed by atoms with E-state index in [9.17, 15) is 5.11 Å². The summed E-state index contributed by atoms with van der Waals surface area (Å²) in [5, 5.41) is 11.0. The zero-order valence-electron chi connectivity index (χ0n) is 18.6. The Morgan fingerprint density at radius 1 is 0.970 bits per heavy atom. The van der Waals surface area contributed by atoms with Crippen molar-refractivity contribution in [3.8, 4) is 11.3 Å². The van der Waals surface area contributed by atoms with Crippen LogP contribution in [0, 0.1) is 6.92 Å². The Kier molecular flexibility index (Phi) is 4.82. The number of aliphatic hydroxyl groups is 1. The molecule has 4 heterocycles. The summed E-state index contributed by atoms with van der Waals surface area (Å²) in [4.78, 5) is 14.2. The number of halogens is 1. The van der Waals surface area contributed by atoms with Gasteiger partial charge in [-0.25, -0.2) is 9.97 Å². The number of nitrogens with zero attached hydrogens (tertiary/aromatic N) is 5. The summed E-state index contributed by atoms with van der Waals surface area (Å²) < 4.78 is 2.09. The van der Waals surface area contributed by atoms with Crippen LogP contribution in [0.15, 0.2) is 60.9 Å². The molecule has 1 aliphatic carbocycles. The first-order valence-corrected chi connectivity index (χ1v) is 11.8. The normalized spacial score (nSPS) is 17.5. The Morgan fingerprint density at radius 2 is 1.76 bits per heavy atom. The molecule has 6 rings (SSSR count). The van der Waals surface area contributed by atoms with Gasteiger partial charge in [-0.2, -0.15) is 0 Å². The molecule has 1 aliphatic heterocycles. The van der Waals surface area contributed by atoms with E-state index in [1.807, 2.05) is 48.8 Å². The minimum atomic E-state index is -0.629. The molecule has 3 aromatic heterocycles. The van der Waals surface area contributed by atoms with Gasteiger partial charge >= 0.3 is 0 Å². The minimum Gasteiger partial charge on any atom is -0.385 e. The van der Waals surface area contributed by atoms with E-state index in [1.54, 1.807) is 0 Å². The molecular formula is C26H26ClN5O. The number of aromatic nitrogens is 3. The van der Waals surface area contributed by atoms with E-state index in [4.69, 9.17) is 16.6 Å². The molecule has 2 fully saturated rings. The summed E-state index contributed by atoms with van der Waals surface area (Å²) in [6.07, 6.45) is 5.54. The molecule has 0 bridgehead atoms. The SMILES string of the molecule is Cc1c(-c2cc(N3CCN(c4ccc(C5(O)CC5)cn4)CC3)ccc2Cl)nc2ccccn12. The maximum Gasteiger partial charge on any atom is 0.137 e. The lowest BCUT2D eigenvalue weighted by molar-refractivity contribution is 0.151. The number of benzene rings is 1. The monoisotopic (exact) mass is 459 g/mol. The van der Waals surface area contributed by atoms with Crippen LogP contribution in [0.1, 0.15) is 24.1 Å². The third-order valence-corrected chi connectivity index (χ3v) is 7.28. The zero-order valence-corrected chi connectivity index (χ0v) is 19.3. The smallest absolute Gasteiger partial charge is 0.137 e. The van der Waals surface area contributed by atoms with E-state index < -0.39 is 5.60 Å². The molecule has 0 radical (unpaired) electrons. The van der Waals surface area contributed by atoms with E-state index in [1.165, 1.54) is 0 Å². The maximum atomic E-state index is 10.3. The topological polar surface area (TPSA) is 56.9 Å². The van der Waals surface area contributed by atoms with Crippen molar-refractivity contribution in [2.75, 3.05) is 36.0 Å². The Bertz CT molecular complexity index is 1320. The molecule has 4 aromatic rings. The van der Waals surface area contributed by atoms with Gasteiger partial charge in [0.15, 0.2) is 0 Å². The van der Waals surface area contributed by atoms with E-state index in [0.717, 1.165) is 78.7 Å². The van der Waals surface area contributed by atoms with E-state index >= 15 is 0 Å². The van der Waals surface area contributed by atoms with Gasteiger partial charge in [-0.1, -0.05) is 23.7 Å². The van der Waals surface area contributed by atoms with E-state index in [0.29, 0.717) is 5.02 Å². The maximum absolute atomic E-state index is 10.3. The van der Waals surface area contributed by atoms with E-state index in [2.05, 4.69) is 38.2 Å². The second-order valence-corrected chi connectivity index (χ2v) is 9.46. The van der Waals surface area contributed by atoms with Gasteiger partial charge in [0.1, 0.15) is 11.5 Å². The lowest BCUT2D eigenvalue weighted by atomic mass is 10.1. The van der Waals surface area contributed by atoms with Crippen molar-refractivity contribution in [2.45, 2.75) is 25.4 Å². The van der Waals surface area contributed by atoms with Crippen LogP contribution in [0.3, 0.4) is 0 Å². The van der Waals surface area contributed by atoms with Gasteiger partial charge in [0.25, 0.3) is 0 Å². The number of hydrogen-bond donors (Lipinski definition) is 1. The second kappa shape index (κ2) is 7.75. The molecule has 2 aliphatic rings. The van der Waals surface area contributed by atoms with Gasteiger partial charge in [0.2, 0.25) is 0 Å². The van der Waals surface area contributed by atoms with Crippen LogP contribution in [-0.2, 0) is 5.60 Å². The molecule has 7 heteroatoms. The first-order valence-electron chi connectivity index (χ1n) is 11.4. The summed E-state index contributed by atoms with van der Waals surface area (Å²) in [7, 11) is 0. The van der Waals surface area contributed by atoms with Crippen molar-refractivity contribution < 1.29 is 5.11 Å². The molecule has 1 saturated carbocycles. The lowest BCUT2D eigenvalue weighted by Gasteiger charge is -2.37. The third kappa shape index (κ3) is 3.63. The van der Waals surface area contributed by atoms with Gasteiger partial charge in [0.05, 0.1) is 16.3 Å². The van der Waals surface area contributed by atoms with Crippen LogP contribution in [0.25, 0.3) is 16.9 Å². The number of fused-ring (bicyclic) bond motifs is 1. The van der Waals surface area contributed by atoms with E-state index in [-0.39, 0.29) is 0 Å². The van der Waals surface area contributed by atoms with Crippen molar-refractivity contribution >= 4 is 28.8 Å². The summed E-state index contributed by atoms with van der Waals surface area (Å²) in [6, 6.07) is 16.3. The van der Waals surface area contributed by atoms with Crippen molar-refractivity contribution in [2.24, 2.45) is 0 Å². The van der Waals surface area contributed by atoms with Crippen LogP contribution in [0.5, 0.6) is 0 Å². The van der Waals surface area contributed by atoms with Crippen molar-refractivity contribution in [3.05, 3.63) is 77.2 Å². The second-order valence-electron chi connectivity index (χ2n) is 9.05. The van der Waals surface area contributed by atoms with Gasteiger partial charge in [0, 0.05) is 61.1 Å². The number of piperazine rings is 1. The van der Waals surface area contributed by atoms with Crippen molar-refractivity contribution in [1.82, 2.24) is 14.4 Å². The predicted octanol–water partition coefficient (Wildman–Crippen LogP) is 4.67. The molecule has 0 amide bonds. The summed E-state index contributed by atoms with van der Waals surface area (Å²) in [5.74, 6) is 0.972. The molecule has 0 atom stereocenters. The molecule has 168 valence electrons. The fourth-order valence-corrected chi connectivity index (χ4v) is 4.92. The summed E-state index contributed by atoms with van der Waals surface area (Å²) in [6.45, 7) is 5.67. The van der Waals surface area contributed by atoms with Crippen LogP contribution >= 0.6 is 11.6 Å². The molecule has 0 unspecified atom stereocenters. The fraction of sp³-hybridized carbons (Fsp3) is 0.308. The molecule has 0 spiro atoms. The summed E-state index contributed by atoms with van der Waals surface area (Å²) >= 11 is 6.62. The largest absolute Gasteiger partial charge is 0.385 e. The summed E-state index contributed by atoms with van der Waals surface area (Å²) in [5.41, 5.74) is 5.36. The molecule has 1 N–H and O–H groups in total. The highest BCUT2D eigenvalue weighted by molar-refractivity contribution is 6.33. The number of pyridine rings is 2. The van der Waals surface area contributed by atoms with Crippen molar-refractivity contribution in [1.29, 1.82) is 0 Å². The predicted molar refractivity (Wildman–Crippen MR) is 132 cm³/mol. The van der Waals surface area contributed by atoms with Gasteiger partial charge in [-0.05, 0) is 56.2 Å². The first kappa shape index (κ1) is 20.5. The highest BCUT2D eigenvalue weighted by atomic mass is 35.5. The molecule has 6 nitrogen and oxygen atoms in total. The Balaban J connectivity index is 1.21. The Morgan fingerprint density at radius 3 is 2.45 bits per heavy atom. The highest BCUT2D eigenvalue weighted by Gasteiger charge is 2.42. The molecular weight excluding hydrogens is 434 g/mol. The lowest BCUT2D eigenvalue weighted by Crippen LogP contribution is -2.46. The fourth-order valence-electron chi connectivity index (χ4n) is 4.71. The van der Waals surface area contributed by atoms with Crippen molar-refractivity contribution in [3.63, 3.8) is 0 Å². The average molecular weight is 460 g/mol. The Labute approximate surface area is 198 Å². The first-order chi connectivity index (χ1) is 16.0. The third-order valence-electron chi connectivity index (χ3n) is 6.95. The number of aryl methyl sites for hydroxylation is 1. The van der Waals surface area contributed by atoms with Gasteiger partial charge in [-0.3, -0.25) is 0 Å². The van der Waals surface area contributed by atoms with Gasteiger partial charge < -0.3 is 19.3 Å².